The van der Waals surface area contributed by atoms with Gasteiger partial charge in [-0.25, -0.2) is 4.39 Å². The van der Waals surface area contributed by atoms with Crippen molar-refractivity contribution in [3.8, 4) is 0 Å². The van der Waals surface area contributed by atoms with E-state index in [0.717, 1.165) is 30.6 Å². The molecular weight excluding hydrogens is 303 g/mol. The fraction of sp³-hybridized carbons (Fsp3) is 0.450. The molecule has 128 valence electrons. The van der Waals surface area contributed by atoms with Gasteiger partial charge in [0.05, 0.1) is 17.5 Å². The molecule has 2 aliphatic heterocycles. The highest BCUT2D eigenvalue weighted by molar-refractivity contribution is 5.86. The molecule has 0 spiro atoms. The molecule has 0 unspecified atom stereocenters. The molecular formula is C20H25FN2O. The lowest BCUT2D eigenvalue weighted by atomic mass is 9.77. The van der Waals surface area contributed by atoms with Crippen LogP contribution in [0.3, 0.4) is 0 Å². The fourth-order valence-electron chi connectivity index (χ4n) is 4.38. The van der Waals surface area contributed by atoms with E-state index < -0.39 is 5.41 Å². The van der Waals surface area contributed by atoms with Crippen LogP contribution in [0.25, 0.3) is 0 Å². The summed E-state index contributed by atoms with van der Waals surface area (Å²) >= 11 is 0. The molecule has 2 heterocycles. The van der Waals surface area contributed by atoms with E-state index in [2.05, 4.69) is 18.5 Å². The van der Waals surface area contributed by atoms with Gasteiger partial charge in [0.25, 0.3) is 0 Å². The van der Waals surface area contributed by atoms with Gasteiger partial charge in [0, 0.05) is 13.1 Å². The minimum Gasteiger partial charge on any atom is -0.336 e. The van der Waals surface area contributed by atoms with Gasteiger partial charge in [-0.05, 0) is 49.4 Å². The standard InChI is InChI=1S/C20H25FN2O/c1-4-8-20(9-5-2)13-17-18(22-10-11-23(17)19(20)24)16-7-6-15(21)12-14(16)3/h4-7,12,17-18,22H,1-2,8-11,13H2,3H3/t17-,18-/m0/s1. The summed E-state index contributed by atoms with van der Waals surface area (Å²) in [5.41, 5.74) is 1.57. The van der Waals surface area contributed by atoms with Crippen LogP contribution < -0.4 is 5.32 Å². The van der Waals surface area contributed by atoms with Crippen molar-refractivity contribution >= 4 is 5.91 Å². The first-order valence-electron chi connectivity index (χ1n) is 8.55. The highest BCUT2D eigenvalue weighted by Crippen LogP contribution is 2.47. The number of aryl methyl sites for hydroxylation is 1. The lowest BCUT2D eigenvalue weighted by molar-refractivity contribution is -0.137. The zero-order chi connectivity index (χ0) is 17.3. The van der Waals surface area contributed by atoms with Gasteiger partial charge in [0.1, 0.15) is 5.82 Å². The van der Waals surface area contributed by atoms with E-state index in [9.17, 15) is 9.18 Å². The summed E-state index contributed by atoms with van der Waals surface area (Å²) in [6.45, 7) is 11.1. The molecule has 3 nitrogen and oxygen atoms in total. The molecule has 1 amide bonds. The van der Waals surface area contributed by atoms with Crippen molar-refractivity contribution in [3.05, 3.63) is 60.5 Å². The molecule has 4 heteroatoms. The van der Waals surface area contributed by atoms with Gasteiger partial charge in [-0.3, -0.25) is 4.79 Å². The average molecular weight is 328 g/mol. The van der Waals surface area contributed by atoms with Crippen molar-refractivity contribution in [2.45, 2.75) is 38.3 Å². The lowest BCUT2D eigenvalue weighted by Gasteiger charge is -2.38. The number of piperazine rings is 1. The largest absolute Gasteiger partial charge is 0.336 e. The third kappa shape index (κ3) is 2.69. The zero-order valence-electron chi connectivity index (χ0n) is 14.2. The SMILES string of the molecule is C=CCC1(CC=C)C[C@H]2[C@H](c3ccc(F)cc3C)NCCN2C1=O. The molecule has 2 atom stereocenters. The molecule has 1 aromatic carbocycles. The number of hydrogen-bond acceptors (Lipinski definition) is 2. The van der Waals surface area contributed by atoms with Gasteiger partial charge in [0.2, 0.25) is 5.91 Å². The highest BCUT2D eigenvalue weighted by atomic mass is 19.1. The third-order valence-corrected chi connectivity index (χ3v) is 5.45. The van der Waals surface area contributed by atoms with E-state index in [0.29, 0.717) is 12.8 Å². The van der Waals surface area contributed by atoms with Crippen LogP contribution in [0.4, 0.5) is 4.39 Å². The van der Waals surface area contributed by atoms with Gasteiger partial charge in [-0.1, -0.05) is 18.2 Å². The van der Waals surface area contributed by atoms with Crippen LogP contribution in [-0.4, -0.2) is 29.9 Å². The molecule has 2 fully saturated rings. The second-order valence-corrected chi connectivity index (χ2v) is 6.97. The Bertz CT molecular complexity index is 660. The van der Waals surface area contributed by atoms with Crippen LogP contribution >= 0.6 is 0 Å². The van der Waals surface area contributed by atoms with Crippen LogP contribution in [-0.2, 0) is 4.79 Å². The third-order valence-electron chi connectivity index (χ3n) is 5.45. The number of benzene rings is 1. The highest BCUT2D eigenvalue weighted by Gasteiger charge is 2.53. The molecule has 24 heavy (non-hydrogen) atoms. The zero-order valence-corrected chi connectivity index (χ0v) is 14.2. The Balaban J connectivity index is 1.96. The Hall–Kier alpha value is -1.94. The Labute approximate surface area is 143 Å². The van der Waals surface area contributed by atoms with Crippen molar-refractivity contribution in [1.29, 1.82) is 0 Å². The minimum absolute atomic E-state index is 0.0415. The van der Waals surface area contributed by atoms with Crippen LogP contribution in [0.2, 0.25) is 0 Å². The molecule has 1 aromatic rings. The predicted octanol–water partition coefficient (Wildman–Crippen LogP) is 3.52. The van der Waals surface area contributed by atoms with E-state index in [1.165, 1.54) is 6.07 Å². The number of halogens is 1. The van der Waals surface area contributed by atoms with Crippen LogP contribution in [0.5, 0.6) is 0 Å². The smallest absolute Gasteiger partial charge is 0.229 e. The quantitative estimate of drug-likeness (QED) is 0.839. The Morgan fingerprint density at radius 3 is 2.71 bits per heavy atom. The summed E-state index contributed by atoms with van der Waals surface area (Å²) in [6.07, 6.45) is 5.79. The number of carbonyl (C=O) groups is 1. The van der Waals surface area contributed by atoms with E-state index in [-0.39, 0.29) is 23.8 Å². The van der Waals surface area contributed by atoms with Gasteiger partial charge < -0.3 is 10.2 Å². The van der Waals surface area contributed by atoms with E-state index in [1.807, 2.05) is 30.0 Å². The van der Waals surface area contributed by atoms with Gasteiger partial charge in [-0.15, -0.1) is 13.2 Å². The number of nitrogens with one attached hydrogen (secondary N) is 1. The Morgan fingerprint density at radius 1 is 1.38 bits per heavy atom. The number of hydrogen-bond donors (Lipinski definition) is 1. The maximum absolute atomic E-state index is 13.5. The van der Waals surface area contributed by atoms with Crippen molar-refractivity contribution in [1.82, 2.24) is 10.2 Å². The summed E-state index contributed by atoms with van der Waals surface area (Å²) in [6, 6.07) is 5.04. The van der Waals surface area contributed by atoms with E-state index >= 15 is 0 Å². The Morgan fingerprint density at radius 2 is 2.08 bits per heavy atom. The molecule has 2 saturated heterocycles. The van der Waals surface area contributed by atoms with Gasteiger partial charge >= 0.3 is 0 Å². The number of allylic oxidation sites excluding steroid dienone is 2. The normalized spacial score (nSPS) is 25.4. The first-order valence-corrected chi connectivity index (χ1v) is 8.55. The second-order valence-electron chi connectivity index (χ2n) is 6.97. The summed E-state index contributed by atoms with van der Waals surface area (Å²) < 4.78 is 13.5. The number of amides is 1. The summed E-state index contributed by atoms with van der Waals surface area (Å²) in [5.74, 6) is -0.0161. The van der Waals surface area contributed by atoms with E-state index in [4.69, 9.17) is 0 Å². The van der Waals surface area contributed by atoms with Crippen molar-refractivity contribution < 1.29 is 9.18 Å². The molecule has 0 saturated carbocycles. The molecule has 0 bridgehead atoms. The lowest BCUT2D eigenvalue weighted by Crippen LogP contribution is -2.51. The maximum atomic E-state index is 13.5. The summed E-state index contributed by atoms with van der Waals surface area (Å²) in [5, 5.41) is 3.54. The van der Waals surface area contributed by atoms with Gasteiger partial charge in [-0.2, -0.15) is 0 Å². The van der Waals surface area contributed by atoms with Crippen LogP contribution in [0, 0.1) is 18.2 Å². The summed E-state index contributed by atoms with van der Waals surface area (Å²) in [4.78, 5) is 15.1. The summed E-state index contributed by atoms with van der Waals surface area (Å²) in [7, 11) is 0. The first kappa shape index (κ1) is 16.9. The first-order chi connectivity index (χ1) is 11.5. The molecule has 0 aliphatic carbocycles. The average Bonchev–Trinajstić information content (AvgIpc) is 2.81. The topological polar surface area (TPSA) is 32.3 Å². The number of nitrogens with zero attached hydrogens (tertiary/aromatic N) is 1. The number of rotatable bonds is 5. The van der Waals surface area contributed by atoms with E-state index in [1.54, 1.807) is 6.07 Å². The molecule has 3 rings (SSSR count). The van der Waals surface area contributed by atoms with Crippen LogP contribution in [0.15, 0.2) is 43.5 Å². The molecule has 1 N–H and O–H groups in total. The fourth-order valence-corrected chi connectivity index (χ4v) is 4.38. The second kappa shape index (κ2) is 6.52. The van der Waals surface area contributed by atoms with Crippen molar-refractivity contribution in [2.75, 3.05) is 13.1 Å². The monoisotopic (exact) mass is 328 g/mol. The molecule has 2 aliphatic rings. The molecule has 0 radical (unpaired) electrons. The number of carbonyl (C=O) groups excluding carboxylic acids is 1. The van der Waals surface area contributed by atoms with Crippen molar-refractivity contribution in [2.24, 2.45) is 5.41 Å². The maximum Gasteiger partial charge on any atom is 0.229 e. The van der Waals surface area contributed by atoms with Gasteiger partial charge in [0.15, 0.2) is 0 Å². The molecule has 0 aromatic heterocycles. The number of fused-ring (bicyclic) bond motifs is 1. The van der Waals surface area contributed by atoms with Crippen molar-refractivity contribution in [3.63, 3.8) is 0 Å². The minimum atomic E-state index is -0.424. The predicted molar refractivity (Wildman–Crippen MR) is 94.1 cm³/mol. The van der Waals surface area contributed by atoms with Crippen LogP contribution in [0.1, 0.15) is 36.4 Å². The Kier molecular flexibility index (Phi) is 4.59.